The van der Waals surface area contributed by atoms with Crippen molar-refractivity contribution in [1.82, 2.24) is 0 Å². The van der Waals surface area contributed by atoms with Crippen LogP contribution in [0.25, 0.3) is 0 Å². The lowest BCUT2D eigenvalue weighted by atomic mass is 9.77. The first kappa shape index (κ1) is 21.6. The van der Waals surface area contributed by atoms with Gasteiger partial charge in [0.25, 0.3) is 0 Å². The summed E-state index contributed by atoms with van der Waals surface area (Å²) in [6, 6.07) is 16.0. The van der Waals surface area contributed by atoms with Gasteiger partial charge in [-0.25, -0.2) is 4.79 Å². The zero-order valence-electron chi connectivity index (χ0n) is 18.2. The van der Waals surface area contributed by atoms with Crippen molar-refractivity contribution in [2.24, 2.45) is 5.92 Å². The third kappa shape index (κ3) is 6.45. The van der Waals surface area contributed by atoms with Crippen LogP contribution in [0.2, 0.25) is 0 Å². The average Bonchev–Trinajstić information content (AvgIpc) is 2.76. The number of ether oxygens (including phenoxy) is 1. The molecule has 0 heterocycles. The lowest BCUT2D eigenvalue weighted by Gasteiger charge is -2.28. The fourth-order valence-corrected chi connectivity index (χ4v) is 4.55. The second kappa shape index (κ2) is 11.2. The van der Waals surface area contributed by atoms with Gasteiger partial charge < -0.3 is 4.74 Å². The Morgan fingerprint density at radius 2 is 1.55 bits per heavy atom. The molecule has 156 valence electrons. The third-order valence-electron chi connectivity index (χ3n) is 6.36. The minimum atomic E-state index is -0.276. The van der Waals surface area contributed by atoms with Crippen molar-refractivity contribution in [1.29, 1.82) is 0 Å². The van der Waals surface area contributed by atoms with E-state index >= 15 is 0 Å². The van der Waals surface area contributed by atoms with Crippen molar-refractivity contribution in [3.63, 3.8) is 0 Å². The van der Waals surface area contributed by atoms with Gasteiger partial charge in [-0.15, -0.1) is 0 Å². The average molecular weight is 393 g/mol. The molecule has 2 aromatic rings. The van der Waals surface area contributed by atoms with Crippen molar-refractivity contribution >= 4 is 5.97 Å². The Kier molecular flexibility index (Phi) is 8.34. The summed E-state index contributed by atoms with van der Waals surface area (Å²) in [5.41, 5.74) is 3.30. The number of hydrogen-bond donors (Lipinski definition) is 0. The number of benzene rings is 2. The van der Waals surface area contributed by atoms with Crippen LogP contribution in [0, 0.1) is 5.92 Å². The highest BCUT2D eigenvalue weighted by atomic mass is 16.5. The van der Waals surface area contributed by atoms with Gasteiger partial charge in [-0.05, 0) is 85.8 Å². The molecule has 0 aromatic heterocycles. The van der Waals surface area contributed by atoms with Gasteiger partial charge in [0, 0.05) is 0 Å². The Labute approximate surface area is 176 Å². The number of carbonyl (C=O) groups excluding carboxylic acids is 1. The van der Waals surface area contributed by atoms with Crippen LogP contribution in [0.3, 0.4) is 0 Å². The summed E-state index contributed by atoms with van der Waals surface area (Å²) < 4.78 is 5.57. The highest BCUT2D eigenvalue weighted by Crippen LogP contribution is 2.37. The Balaban J connectivity index is 1.51. The van der Waals surface area contributed by atoms with Gasteiger partial charge in [-0.2, -0.15) is 0 Å². The molecular weight excluding hydrogens is 356 g/mol. The molecule has 1 fully saturated rings. The highest BCUT2D eigenvalue weighted by Gasteiger charge is 2.22. The number of rotatable bonds is 9. The molecule has 0 radical (unpaired) electrons. The van der Waals surface area contributed by atoms with Crippen molar-refractivity contribution in [2.75, 3.05) is 0 Å². The third-order valence-corrected chi connectivity index (χ3v) is 6.36. The molecule has 0 aliphatic heterocycles. The van der Waals surface area contributed by atoms with E-state index in [4.69, 9.17) is 4.74 Å². The van der Waals surface area contributed by atoms with E-state index in [1.54, 1.807) is 0 Å². The molecule has 3 rings (SSSR count). The second-order valence-electron chi connectivity index (χ2n) is 8.62. The highest BCUT2D eigenvalue weighted by molar-refractivity contribution is 5.91. The lowest BCUT2D eigenvalue weighted by Crippen LogP contribution is -2.13. The van der Waals surface area contributed by atoms with Gasteiger partial charge in [0.15, 0.2) is 0 Å². The molecule has 0 unspecified atom stereocenters. The van der Waals surface area contributed by atoms with Crippen LogP contribution in [0.1, 0.15) is 99.0 Å². The van der Waals surface area contributed by atoms with Gasteiger partial charge in [-0.3, -0.25) is 0 Å². The van der Waals surface area contributed by atoms with Crippen LogP contribution in [0.15, 0.2) is 48.5 Å². The first-order valence-electron chi connectivity index (χ1n) is 11.6. The largest absolute Gasteiger partial charge is 0.423 e. The van der Waals surface area contributed by atoms with Crippen LogP contribution < -0.4 is 4.74 Å². The van der Waals surface area contributed by atoms with Crippen molar-refractivity contribution < 1.29 is 9.53 Å². The Hall–Kier alpha value is -2.09. The van der Waals surface area contributed by atoms with E-state index in [0.717, 1.165) is 12.3 Å². The Morgan fingerprint density at radius 3 is 2.17 bits per heavy atom. The van der Waals surface area contributed by atoms with E-state index in [-0.39, 0.29) is 5.97 Å². The summed E-state index contributed by atoms with van der Waals surface area (Å²) in [5, 5.41) is 0. The molecule has 0 bridgehead atoms. The number of carbonyl (C=O) groups is 1. The molecular formula is C27H36O2. The summed E-state index contributed by atoms with van der Waals surface area (Å²) in [4.78, 5) is 12.5. The van der Waals surface area contributed by atoms with E-state index in [0.29, 0.717) is 17.2 Å². The van der Waals surface area contributed by atoms with E-state index < -0.39 is 0 Å². The molecule has 2 nitrogen and oxygen atoms in total. The second-order valence-corrected chi connectivity index (χ2v) is 8.62. The molecule has 0 atom stereocenters. The number of aryl methyl sites for hydroxylation is 1. The van der Waals surface area contributed by atoms with Crippen molar-refractivity contribution in [2.45, 2.75) is 84.0 Å². The topological polar surface area (TPSA) is 26.3 Å². The molecule has 1 aliphatic carbocycles. The molecule has 29 heavy (non-hydrogen) atoms. The van der Waals surface area contributed by atoms with Crippen LogP contribution >= 0.6 is 0 Å². The monoisotopic (exact) mass is 392 g/mol. The summed E-state index contributed by atoms with van der Waals surface area (Å²) in [5.74, 6) is 1.91. The Morgan fingerprint density at radius 1 is 0.862 bits per heavy atom. The standard InChI is InChI=1S/C27H36O2/c1-3-5-6-8-22-11-19-26(20-12-22)29-27(28)25-17-15-24(16-18-25)23-13-9-21(7-4-2)10-14-23/h11-12,15-21,23H,3-10,13-14H2,1-2H3. The van der Waals surface area contributed by atoms with E-state index in [2.05, 4.69) is 38.1 Å². The molecule has 0 N–H and O–H groups in total. The lowest BCUT2D eigenvalue weighted by molar-refractivity contribution is 0.0734. The summed E-state index contributed by atoms with van der Waals surface area (Å²) in [6.45, 7) is 4.50. The summed E-state index contributed by atoms with van der Waals surface area (Å²) in [6.07, 6.45) is 12.7. The van der Waals surface area contributed by atoms with Crippen LogP contribution in [-0.4, -0.2) is 5.97 Å². The molecule has 0 amide bonds. The van der Waals surface area contributed by atoms with Crippen LogP contribution in [0.5, 0.6) is 5.75 Å². The Bertz CT molecular complexity index is 737. The maximum absolute atomic E-state index is 12.5. The van der Waals surface area contributed by atoms with E-state index in [1.807, 2.05) is 24.3 Å². The van der Waals surface area contributed by atoms with E-state index in [9.17, 15) is 4.79 Å². The fourth-order valence-electron chi connectivity index (χ4n) is 4.55. The fraction of sp³-hybridized carbons (Fsp3) is 0.519. The number of unbranched alkanes of at least 4 members (excludes halogenated alkanes) is 2. The maximum Gasteiger partial charge on any atom is 0.343 e. The van der Waals surface area contributed by atoms with Gasteiger partial charge >= 0.3 is 5.97 Å². The first-order chi connectivity index (χ1) is 14.2. The zero-order valence-corrected chi connectivity index (χ0v) is 18.2. The maximum atomic E-state index is 12.5. The van der Waals surface area contributed by atoms with Gasteiger partial charge in [0.1, 0.15) is 5.75 Å². The zero-order chi connectivity index (χ0) is 20.5. The molecule has 0 spiro atoms. The molecule has 2 heteroatoms. The van der Waals surface area contributed by atoms with Gasteiger partial charge in [0.2, 0.25) is 0 Å². The number of esters is 1. The van der Waals surface area contributed by atoms with E-state index in [1.165, 1.54) is 68.9 Å². The van der Waals surface area contributed by atoms with Gasteiger partial charge in [0.05, 0.1) is 5.56 Å². The first-order valence-corrected chi connectivity index (χ1v) is 11.6. The van der Waals surface area contributed by atoms with Crippen LogP contribution in [-0.2, 0) is 6.42 Å². The van der Waals surface area contributed by atoms with Crippen molar-refractivity contribution in [3.05, 3.63) is 65.2 Å². The molecule has 1 saturated carbocycles. The minimum absolute atomic E-state index is 0.276. The summed E-state index contributed by atoms with van der Waals surface area (Å²) >= 11 is 0. The summed E-state index contributed by atoms with van der Waals surface area (Å²) in [7, 11) is 0. The number of hydrogen-bond acceptors (Lipinski definition) is 2. The van der Waals surface area contributed by atoms with Gasteiger partial charge in [-0.1, -0.05) is 63.8 Å². The normalized spacial score (nSPS) is 19.1. The van der Waals surface area contributed by atoms with Crippen LogP contribution in [0.4, 0.5) is 0 Å². The molecule has 0 saturated heterocycles. The minimum Gasteiger partial charge on any atom is -0.423 e. The smallest absolute Gasteiger partial charge is 0.343 e. The van der Waals surface area contributed by atoms with Crippen molar-refractivity contribution in [3.8, 4) is 5.75 Å². The molecule has 1 aliphatic rings. The predicted octanol–water partition coefficient (Wildman–Crippen LogP) is 7.71. The SMILES string of the molecule is CCCCCc1ccc(OC(=O)c2ccc(C3CCC(CCC)CC3)cc2)cc1. The molecule has 2 aromatic carbocycles. The predicted molar refractivity (Wildman–Crippen MR) is 121 cm³/mol. The quantitative estimate of drug-likeness (QED) is 0.248.